The van der Waals surface area contributed by atoms with Gasteiger partial charge in [-0.3, -0.25) is 4.57 Å². The van der Waals surface area contributed by atoms with E-state index in [-0.39, 0.29) is 11.8 Å². The van der Waals surface area contributed by atoms with Gasteiger partial charge >= 0.3 is 5.76 Å². The summed E-state index contributed by atoms with van der Waals surface area (Å²) in [5, 5.41) is 3.35. The molecule has 3 rings (SSSR count). The Balaban J connectivity index is 1.77. The summed E-state index contributed by atoms with van der Waals surface area (Å²) in [4.78, 5) is 11.6. The highest BCUT2D eigenvalue weighted by atomic mass is 16.5. The molecule has 0 spiro atoms. The van der Waals surface area contributed by atoms with Gasteiger partial charge in [-0.2, -0.15) is 0 Å². The van der Waals surface area contributed by atoms with Gasteiger partial charge in [0.2, 0.25) is 0 Å². The fourth-order valence-corrected chi connectivity index (χ4v) is 3.07. The minimum Gasteiger partial charge on any atom is -0.408 e. The van der Waals surface area contributed by atoms with Crippen LogP contribution in [0.25, 0.3) is 11.1 Å². The molecule has 1 aromatic carbocycles. The molecule has 2 unspecified atom stereocenters. The quantitative estimate of drug-likeness (QED) is 0.918. The van der Waals surface area contributed by atoms with E-state index in [4.69, 9.17) is 9.15 Å². The number of aryl methyl sites for hydroxylation is 1. The zero-order valence-electron chi connectivity index (χ0n) is 12.6. The third-order valence-electron chi connectivity index (χ3n) is 4.37. The van der Waals surface area contributed by atoms with Crippen LogP contribution in [-0.4, -0.2) is 24.3 Å². The molecule has 2 aromatic rings. The molecule has 0 bridgehead atoms. The van der Waals surface area contributed by atoms with E-state index in [9.17, 15) is 4.79 Å². The Kier molecular flexibility index (Phi) is 4.12. The highest BCUT2D eigenvalue weighted by Crippen LogP contribution is 2.26. The monoisotopic (exact) mass is 290 g/mol. The second kappa shape index (κ2) is 6.03. The van der Waals surface area contributed by atoms with Crippen molar-refractivity contribution in [2.75, 3.05) is 13.7 Å². The van der Waals surface area contributed by atoms with Crippen LogP contribution in [0.1, 0.15) is 37.3 Å². The Morgan fingerprint density at radius 3 is 3.05 bits per heavy atom. The Hall–Kier alpha value is -1.59. The first kappa shape index (κ1) is 14.4. The van der Waals surface area contributed by atoms with Crippen LogP contribution in [0.4, 0.5) is 0 Å². The van der Waals surface area contributed by atoms with E-state index in [1.807, 2.05) is 19.2 Å². The minimum atomic E-state index is -0.317. The lowest BCUT2D eigenvalue weighted by molar-refractivity contribution is 0.0998. The Morgan fingerprint density at radius 2 is 2.33 bits per heavy atom. The van der Waals surface area contributed by atoms with Crippen molar-refractivity contribution in [1.29, 1.82) is 0 Å². The first-order valence-electron chi connectivity index (χ1n) is 7.57. The lowest BCUT2D eigenvalue weighted by Crippen LogP contribution is -2.18. The summed E-state index contributed by atoms with van der Waals surface area (Å²) in [6.07, 6.45) is 4.82. The lowest BCUT2D eigenvalue weighted by Gasteiger charge is -2.18. The van der Waals surface area contributed by atoms with Crippen molar-refractivity contribution >= 4 is 11.1 Å². The summed E-state index contributed by atoms with van der Waals surface area (Å²) in [5.74, 6) is -0.317. The lowest BCUT2D eigenvalue weighted by atomic mass is 9.99. The largest absolute Gasteiger partial charge is 0.419 e. The summed E-state index contributed by atoms with van der Waals surface area (Å²) < 4.78 is 12.5. The van der Waals surface area contributed by atoms with Gasteiger partial charge in [-0.1, -0.05) is 6.07 Å². The highest BCUT2D eigenvalue weighted by molar-refractivity contribution is 5.73. The predicted octanol–water partition coefficient (Wildman–Crippen LogP) is 2.35. The molecule has 0 radical (unpaired) electrons. The van der Waals surface area contributed by atoms with Crippen LogP contribution in [0.3, 0.4) is 0 Å². The van der Waals surface area contributed by atoms with Gasteiger partial charge in [-0.15, -0.1) is 0 Å². The fourth-order valence-electron chi connectivity index (χ4n) is 3.07. The molecule has 21 heavy (non-hydrogen) atoms. The number of ether oxygens (including phenoxy) is 1. The van der Waals surface area contributed by atoms with Crippen LogP contribution in [0.2, 0.25) is 0 Å². The van der Waals surface area contributed by atoms with E-state index in [0.29, 0.717) is 11.7 Å². The maximum absolute atomic E-state index is 11.6. The second-order valence-corrected chi connectivity index (χ2v) is 5.71. The molecule has 5 nitrogen and oxygen atoms in total. The smallest absolute Gasteiger partial charge is 0.408 e. The van der Waals surface area contributed by atoms with E-state index >= 15 is 0 Å². The van der Waals surface area contributed by atoms with Gasteiger partial charge in [0.05, 0.1) is 11.6 Å². The maximum atomic E-state index is 11.6. The molecule has 0 amide bonds. The molecule has 0 aliphatic carbocycles. The Bertz CT molecular complexity index is 668. The average molecular weight is 290 g/mol. The van der Waals surface area contributed by atoms with Gasteiger partial charge in [0.1, 0.15) is 0 Å². The van der Waals surface area contributed by atoms with E-state index in [1.54, 1.807) is 7.05 Å². The molecule has 1 N–H and O–H groups in total. The normalized spacial score (nSPS) is 20.2. The zero-order chi connectivity index (χ0) is 14.8. The van der Waals surface area contributed by atoms with Crippen molar-refractivity contribution in [3.8, 4) is 0 Å². The van der Waals surface area contributed by atoms with Gasteiger partial charge in [0, 0.05) is 19.7 Å². The number of benzene rings is 1. The number of nitrogens with one attached hydrogen (secondary N) is 1. The van der Waals surface area contributed by atoms with Gasteiger partial charge in [-0.05, 0) is 50.4 Å². The van der Waals surface area contributed by atoms with E-state index in [0.717, 1.165) is 30.5 Å². The first-order valence-corrected chi connectivity index (χ1v) is 7.57. The molecule has 1 aliphatic heterocycles. The summed E-state index contributed by atoms with van der Waals surface area (Å²) >= 11 is 0. The van der Waals surface area contributed by atoms with Gasteiger partial charge in [0.25, 0.3) is 0 Å². The van der Waals surface area contributed by atoms with Gasteiger partial charge in [-0.25, -0.2) is 4.79 Å². The molecule has 2 atom stereocenters. The van der Waals surface area contributed by atoms with Crippen LogP contribution in [-0.2, 0) is 11.8 Å². The van der Waals surface area contributed by atoms with Crippen molar-refractivity contribution in [2.45, 2.75) is 37.8 Å². The molecule has 2 heterocycles. The number of aromatic nitrogens is 1. The van der Waals surface area contributed by atoms with Crippen molar-refractivity contribution in [1.82, 2.24) is 9.88 Å². The fraction of sp³-hybridized carbons (Fsp3) is 0.562. The molecular weight excluding hydrogens is 268 g/mol. The third-order valence-corrected chi connectivity index (χ3v) is 4.37. The second-order valence-electron chi connectivity index (χ2n) is 5.71. The molecule has 5 heteroatoms. The standard InChI is InChI=1S/C16H22N2O3/c1-17-13(7-6-12-4-3-9-20-12)11-5-8-14-15(10-11)21-16(19)18(14)2/h5,8,10,12-13,17H,3-4,6-7,9H2,1-2H3. The Labute approximate surface area is 123 Å². The molecule has 114 valence electrons. The van der Waals surface area contributed by atoms with Crippen LogP contribution in [0, 0.1) is 0 Å². The molecule has 0 saturated carbocycles. The number of oxazole rings is 1. The number of hydrogen-bond acceptors (Lipinski definition) is 4. The topological polar surface area (TPSA) is 56.4 Å². The minimum absolute atomic E-state index is 0.254. The van der Waals surface area contributed by atoms with Crippen LogP contribution >= 0.6 is 0 Å². The molecule has 1 aliphatic rings. The highest BCUT2D eigenvalue weighted by Gasteiger charge is 2.19. The summed E-state index contributed by atoms with van der Waals surface area (Å²) in [7, 11) is 3.69. The van der Waals surface area contributed by atoms with Crippen LogP contribution < -0.4 is 11.1 Å². The number of hydrogen-bond donors (Lipinski definition) is 1. The zero-order valence-corrected chi connectivity index (χ0v) is 12.6. The van der Waals surface area contributed by atoms with E-state index < -0.39 is 0 Å². The number of fused-ring (bicyclic) bond motifs is 1. The molecular formula is C16H22N2O3. The molecule has 1 aromatic heterocycles. The third kappa shape index (κ3) is 2.89. The van der Waals surface area contributed by atoms with Crippen LogP contribution in [0.15, 0.2) is 27.4 Å². The number of nitrogens with zero attached hydrogens (tertiary/aromatic N) is 1. The van der Waals surface area contributed by atoms with Crippen LogP contribution in [0.5, 0.6) is 0 Å². The van der Waals surface area contributed by atoms with Crippen molar-refractivity contribution in [2.24, 2.45) is 7.05 Å². The molecule has 1 fully saturated rings. The first-order chi connectivity index (χ1) is 10.2. The van der Waals surface area contributed by atoms with E-state index in [2.05, 4.69) is 11.4 Å². The van der Waals surface area contributed by atoms with Gasteiger partial charge in [0.15, 0.2) is 5.58 Å². The summed E-state index contributed by atoms with van der Waals surface area (Å²) in [5.41, 5.74) is 2.63. The number of rotatable bonds is 5. The predicted molar refractivity (Wildman–Crippen MR) is 81.5 cm³/mol. The summed E-state index contributed by atoms with van der Waals surface area (Å²) in [6.45, 7) is 0.899. The van der Waals surface area contributed by atoms with Crippen molar-refractivity contribution in [3.63, 3.8) is 0 Å². The van der Waals surface area contributed by atoms with E-state index in [1.165, 1.54) is 17.4 Å². The molecule has 1 saturated heterocycles. The van der Waals surface area contributed by atoms with Gasteiger partial charge < -0.3 is 14.5 Å². The summed E-state index contributed by atoms with van der Waals surface area (Å²) in [6, 6.07) is 6.23. The van der Waals surface area contributed by atoms with Crippen molar-refractivity contribution in [3.05, 3.63) is 34.3 Å². The maximum Gasteiger partial charge on any atom is 0.419 e. The SMILES string of the molecule is CNC(CCC1CCCO1)c1ccc2c(c1)oc(=O)n2C. The van der Waals surface area contributed by atoms with Crippen molar-refractivity contribution < 1.29 is 9.15 Å². The average Bonchev–Trinajstić information content (AvgIpc) is 3.09. The Morgan fingerprint density at radius 1 is 1.48 bits per heavy atom.